The molecule has 4 nitrogen and oxygen atoms in total. The van der Waals surface area contributed by atoms with Gasteiger partial charge in [-0.15, -0.1) is 0 Å². The van der Waals surface area contributed by atoms with Crippen LogP contribution < -0.4 is 4.74 Å². The van der Waals surface area contributed by atoms with Gasteiger partial charge < -0.3 is 14.4 Å². The van der Waals surface area contributed by atoms with Gasteiger partial charge in [-0.3, -0.25) is 4.79 Å². The van der Waals surface area contributed by atoms with E-state index < -0.39 is 0 Å². The molecule has 5 heteroatoms. The smallest absolute Gasteiger partial charge is 0.251 e. The van der Waals surface area contributed by atoms with Gasteiger partial charge in [0.25, 0.3) is 5.91 Å². The van der Waals surface area contributed by atoms with Gasteiger partial charge in [0, 0.05) is 17.2 Å². The molecule has 4 rings (SSSR count). The Morgan fingerprint density at radius 3 is 2.96 bits per heavy atom. The van der Waals surface area contributed by atoms with Crippen LogP contribution >= 0.6 is 11.6 Å². The van der Waals surface area contributed by atoms with Crippen LogP contribution in [-0.4, -0.2) is 37.1 Å². The van der Waals surface area contributed by atoms with Gasteiger partial charge in [0.1, 0.15) is 11.9 Å². The summed E-state index contributed by atoms with van der Waals surface area (Å²) >= 11 is 6.27. The SMILES string of the molecule is COc1ccc2c(c1)CCC1C2OCCN1C(=O)C1=C(Cl)CCC1. The Kier molecular flexibility index (Phi) is 4.27. The third-order valence-electron chi connectivity index (χ3n) is 5.42. The monoisotopic (exact) mass is 347 g/mol. The van der Waals surface area contributed by atoms with Gasteiger partial charge in [-0.1, -0.05) is 17.7 Å². The average Bonchev–Trinajstić information content (AvgIpc) is 3.05. The van der Waals surface area contributed by atoms with Gasteiger partial charge >= 0.3 is 0 Å². The van der Waals surface area contributed by atoms with Gasteiger partial charge in [0.05, 0.1) is 19.8 Å². The van der Waals surface area contributed by atoms with Crippen molar-refractivity contribution in [1.29, 1.82) is 0 Å². The zero-order chi connectivity index (χ0) is 16.7. The third kappa shape index (κ3) is 2.62. The number of nitrogens with zero attached hydrogens (tertiary/aromatic N) is 1. The summed E-state index contributed by atoms with van der Waals surface area (Å²) in [5.41, 5.74) is 3.27. The molecule has 0 aromatic heterocycles. The molecule has 1 aromatic rings. The predicted molar refractivity (Wildman–Crippen MR) is 92.2 cm³/mol. The number of aryl methyl sites for hydroxylation is 1. The number of ether oxygens (including phenoxy) is 2. The zero-order valence-electron chi connectivity index (χ0n) is 13.9. The van der Waals surface area contributed by atoms with Crippen molar-refractivity contribution >= 4 is 17.5 Å². The van der Waals surface area contributed by atoms with E-state index in [4.69, 9.17) is 21.1 Å². The average molecular weight is 348 g/mol. The standard InChI is InChI=1S/C19H22ClNO3/c1-23-13-6-7-14-12(11-13)5-8-17-18(14)24-10-9-21(17)19(22)15-3-2-4-16(15)20/h6-7,11,17-18H,2-5,8-10H2,1H3. The van der Waals surface area contributed by atoms with Crippen LogP contribution in [-0.2, 0) is 16.0 Å². The van der Waals surface area contributed by atoms with Crippen LogP contribution in [0.25, 0.3) is 0 Å². The fourth-order valence-corrected chi connectivity index (χ4v) is 4.49. The minimum Gasteiger partial charge on any atom is -0.497 e. The number of amides is 1. The zero-order valence-corrected chi connectivity index (χ0v) is 14.6. The molecule has 0 N–H and O–H groups in total. The van der Waals surface area contributed by atoms with Crippen LogP contribution in [0.4, 0.5) is 0 Å². The molecule has 3 aliphatic rings. The summed E-state index contributed by atoms with van der Waals surface area (Å²) in [5.74, 6) is 0.992. The highest BCUT2D eigenvalue weighted by Crippen LogP contribution is 2.40. The summed E-state index contributed by atoms with van der Waals surface area (Å²) in [6.07, 6.45) is 4.44. The van der Waals surface area contributed by atoms with E-state index >= 15 is 0 Å². The van der Waals surface area contributed by atoms with Crippen molar-refractivity contribution in [2.45, 2.75) is 44.2 Å². The number of carbonyl (C=O) groups is 1. The summed E-state index contributed by atoms with van der Waals surface area (Å²) in [5, 5.41) is 0.754. The van der Waals surface area contributed by atoms with E-state index in [9.17, 15) is 4.79 Å². The van der Waals surface area contributed by atoms with Crippen molar-refractivity contribution in [3.05, 3.63) is 39.9 Å². The highest BCUT2D eigenvalue weighted by atomic mass is 35.5. The van der Waals surface area contributed by atoms with Gasteiger partial charge in [-0.05, 0) is 55.4 Å². The Morgan fingerprint density at radius 2 is 2.21 bits per heavy atom. The third-order valence-corrected chi connectivity index (χ3v) is 5.83. The summed E-state index contributed by atoms with van der Waals surface area (Å²) < 4.78 is 11.4. The van der Waals surface area contributed by atoms with E-state index in [0.29, 0.717) is 13.2 Å². The molecule has 0 saturated carbocycles. The van der Waals surface area contributed by atoms with Crippen LogP contribution in [0, 0.1) is 0 Å². The molecule has 2 unspecified atom stereocenters. The van der Waals surface area contributed by atoms with E-state index in [1.54, 1.807) is 7.11 Å². The largest absolute Gasteiger partial charge is 0.497 e. The Labute approximate surface area is 147 Å². The van der Waals surface area contributed by atoms with Gasteiger partial charge in [-0.2, -0.15) is 0 Å². The Balaban J connectivity index is 1.62. The Bertz CT molecular complexity index is 700. The quantitative estimate of drug-likeness (QED) is 0.820. The predicted octanol–water partition coefficient (Wildman–Crippen LogP) is 3.59. The molecule has 1 amide bonds. The lowest BCUT2D eigenvalue weighted by Gasteiger charge is -2.44. The number of rotatable bonds is 2. The Hall–Kier alpha value is -1.52. The van der Waals surface area contributed by atoms with Gasteiger partial charge in [0.15, 0.2) is 0 Å². The minimum atomic E-state index is -0.0434. The van der Waals surface area contributed by atoms with Crippen LogP contribution in [0.15, 0.2) is 28.8 Å². The molecule has 0 radical (unpaired) electrons. The molecule has 1 heterocycles. The second-order valence-corrected chi connectivity index (χ2v) is 7.15. The van der Waals surface area contributed by atoms with E-state index in [2.05, 4.69) is 12.1 Å². The second-order valence-electron chi connectivity index (χ2n) is 6.70. The molecule has 2 aliphatic carbocycles. The number of halogens is 1. The summed E-state index contributed by atoms with van der Waals surface area (Å²) in [6, 6.07) is 6.25. The van der Waals surface area contributed by atoms with Crippen molar-refractivity contribution in [3.63, 3.8) is 0 Å². The first-order valence-electron chi connectivity index (χ1n) is 8.66. The number of fused-ring (bicyclic) bond motifs is 3. The highest BCUT2D eigenvalue weighted by molar-refractivity contribution is 6.32. The van der Waals surface area contributed by atoms with Crippen LogP contribution in [0.2, 0.25) is 0 Å². The number of allylic oxidation sites excluding steroid dienone is 1. The molecule has 2 atom stereocenters. The first kappa shape index (κ1) is 16.0. The fraction of sp³-hybridized carbons (Fsp3) is 0.526. The van der Waals surface area contributed by atoms with E-state index in [-0.39, 0.29) is 18.1 Å². The first-order chi connectivity index (χ1) is 11.7. The summed E-state index contributed by atoms with van der Waals surface area (Å²) in [6.45, 7) is 1.22. The van der Waals surface area contributed by atoms with E-state index in [0.717, 1.165) is 48.5 Å². The molecule has 0 bridgehead atoms. The highest BCUT2D eigenvalue weighted by Gasteiger charge is 2.40. The number of benzene rings is 1. The number of methoxy groups -OCH3 is 1. The van der Waals surface area contributed by atoms with Crippen LogP contribution in [0.3, 0.4) is 0 Å². The topological polar surface area (TPSA) is 38.8 Å². The van der Waals surface area contributed by atoms with Crippen molar-refractivity contribution in [2.75, 3.05) is 20.3 Å². The van der Waals surface area contributed by atoms with Crippen molar-refractivity contribution in [3.8, 4) is 5.75 Å². The number of carbonyl (C=O) groups excluding carboxylic acids is 1. The number of morpholine rings is 1. The number of hydrogen-bond donors (Lipinski definition) is 0. The summed E-state index contributed by atoms with van der Waals surface area (Å²) in [7, 11) is 1.68. The molecular weight excluding hydrogens is 326 g/mol. The molecule has 0 spiro atoms. The van der Waals surface area contributed by atoms with E-state index in [1.807, 2.05) is 11.0 Å². The molecule has 1 fully saturated rings. The summed E-state index contributed by atoms with van der Waals surface area (Å²) in [4.78, 5) is 15.0. The number of hydrogen-bond acceptors (Lipinski definition) is 3. The first-order valence-corrected chi connectivity index (χ1v) is 9.03. The fourth-order valence-electron chi connectivity index (χ4n) is 4.18. The Morgan fingerprint density at radius 1 is 1.33 bits per heavy atom. The van der Waals surface area contributed by atoms with Crippen LogP contribution in [0.5, 0.6) is 5.75 Å². The maximum atomic E-state index is 13.0. The molecule has 24 heavy (non-hydrogen) atoms. The minimum absolute atomic E-state index is 0.0434. The van der Waals surface area contributed by atoms with Crippen molar-refractivity contribution in [2.24, 2.45) is 0 Å². The lowest BCUT2D eigenvalue weighted by atomic mass is 9.83. The molecule has 1 aromatic carbocycles. The molecule has 1 saturated heterocycles. The van der Waals surface area contributed by atoms with Crippen molar-refractivity contribution in [1.82, 2.24) is 4.90 Å². The molecule has 1 aliphatic heterocycles. The van der Waals surface area contributed by atoms with E-state index in [1.165, 1.54) is 11.1 Å². The van der Waals surface area contributed by atoms with Crippen molar-refractivity contribution < 1.29 is 14.3 Å². The lowest BCUT2D eigenvalue weighted by molar-refractivity contribution is -0.144. The van der Waals surface area contributed by atoms with Gasteiger partial charge in [-0.25, -0.2) is 0 Å². The van der Waals surface area contributed by atoms with Crippen LogP contribution in [0.1, 0.15) is 42.9 Å². The van der Waals surface area contributed by atoms with Gasteiger partial charge in [0.2, 0.25) is 0 Å². The maximum Gasteiger partial charge on any atom is 0.251 e. The maximum absolute atomic E-state index is 13.0. The normalized spacial score (nSPS) is 26.2. The molecular formula is C19H22ClNO3. The lowest BCUT2D eigenvalue weighted by Crippen LogP contribution is -2.52. The second kappa shape index (κ2) is 6.41. The molecule has 128 valence electrons.